The van der Waals surface area contributed by atoms with Crippen molar-refractivity contribution in [2.75, 3.05) is 6.54 Å². The summed E-state index contributed by atoms with van der Waals surface area (Å²) in [6.07, 6.45) is 4.42. The number of hydrogen-bond acceptors (Lipinski definition) is 2. The fourth-order valence-corrected chi connectivity index (χ4v) is 1.80. The smallest absolute Gasteiger partial charge is 0.0718 e. The van der Waals surface area contributed by atoms with E-state index in [1.54, 1.807) is 0 Å². The molecular formula is C8H17NO. The zero-order valence-electron chi connectivity index (χ0n) is 6.64. The second-order valence-electron chi connectivity index (χ2n) is 3.32. The maximum absolute atomic E-state index is 9.50. The molecule has 0 spiro atoms. The SMILES string of the molecule is CCC1(C(O)CN)CCC1. The fourth-order valence-electron chi connectivity index (χ4n) is 1.80. The van der Waals surface area contributed by atoms with Gasteiger partial charge in [-0.25, -0.2) is 0 Å². The Morgan fingerprint density at radius 3 is 2.30 bits per heavy atom. The molecule has 0 aromatic rings. The predicted octanol–water partition coefficient (Wildman–Crippen LogP) is 0.886. The second-order valence-corrected chi connectivity index (χ2v) is 3.32. The van der Waals surface area contributed by atoms with Crippen molar-refractivity contribution >= 4 is 0 Å². The van der Waals surface area contributed by atoms with Gasteiger partial charge in [-0.1, -0.05) is 13.3 Å². The van der Waals surface area contributed by atoms with Gasteiger partial charge in [-0.15, -0.1) is 0 Å². The molecule has 1 rings (SSSR count). The van der Waals surface area contributed by atoms with Gasteiger partial charge in [-0.2, -0.15) is 0 Å². The third-order valence-corrected chi connectivity index (χ3v) is 2.98. The van der Waals surface area contributed by atoms with Crippen LogP contribution in [0.3, 0.4) is 0 Å². The molecule has 10 heavy (non-hydrogen) atoms. The molecule has 60 valence electrons. The number of nitrogens with two attached hydrogens (primary N) is 1. The first-order valence-corrected chi connectivity index (χ1v) is 4.13. The standard InChI is InChI=1S/C8H17NO/c1-2-8(4-3-5-8)7(10)6-9/h7,10H,2-6,9H2,1H3. The Bertz CT molecular complexity index is 104. The summed E-state index contributed by atoms with van der Waals surface area (Å²) in [5, 5.41) is 9.50. The van der Waals surface area contributed by atoms with Gasteiger partial charge < -0.3 is 10.8 Å². The van der Waals surface area contributed by atoms with Crippen molar-refractivity contribution in [3.05, 3.63) is 0 Å². The van der Waals surface area contributed by atoms with Gasteiger partial charge >= 0.3 is 0 Å². The van der Waals surface area contributed by atoms with Crippen molar-refractivity contribution in [2.24, 2.45) is 11.1 Å². The lowest BCUT2D eigenvalue weighted by molar-refractivity contribution is -0.0316. The lowest BCUT2D eigenvalue weighted by Gasteiger charge is -2.44. The molecule has 1 aliphatic carbocycles. The molecule has 1 unspecified atom stereocenters. The van der Waals surface area contributed by atoms with Crippen LogP contribution in [0.15, 0.2) is 0 Å². The molecule has 0 bridgehead atoms. The van der Waals surface area contributed by atoms with E-state index >= 15 is 0 Å². The third kappa shape index (κ3) is 1.06. The molecule has 2 heteroatoms. The predicted molar refractivity (Wildman–Crippen MR) is 41.6 cm³/mol. The summed E-state index contributed by atoms with van der Waals surface area (Å²) in [5.74, 6) is 0. The van der Waals surface area contributed by atoms with Crippen LogP contribution in [-0.2, 0) is 0 Å². The Balaban J connectivity index is 2.46. The van der Waals surface area contributed by atoms with Crippen LogP contribution in [-0.4, -0.2) is 17.8 Å². The molecular weight excluding hydrogens is 126 g/mol. The van der Waals surface area contributed by atoms with E-state index in [1.165, 1.54) is 19.3 Å². The first kappa shape index (κ1) is 8.02. The van der Waals surface area contributed by atoms with E-state index in [2.05, 4.69) is 6.92 Å². The zero-order valence-corrected chi connectivity index (χ0v) is 6.64. The van der Waals surface area contributed by atoms with E-state index in [9.17, 15) is 5.11 Å². The topological polar surface area (TPSA) is 46.2 Å². The summed E-state index contributed by atoms with van der Waals surface area (Å²) in [6, 6.07) is 0. The number of rotatable bonds is 3. The zero-order chi connectivity index (χ0) is 7.61. The molecule has 0 amide bonds. The number of aliphatic hydroxyl groups excluding tert-OH is 1. The maximum atomic E-state index is 9.50. The summed E-state index contributed by atoms with van der Waals surface area (Å²) < 4.78 is 0. The largest absolute Gasteiger partial charge is 0.391 e. The lowest BCUT2D eigenvalue weighted by Crippen LogP contribution is -2.44. The number of hydrogen-bond donors (Lipinski definition) is 2. The minimum absolute atomic E-state index is 0.203. The molecule has 1 aliphatic rings. The van der Waals surface area contributed by atoms with Crippen molar-refractivity contribution in [3.8, 4) is 0 Å². The Kier molecular flexibility index (Phi) is 2.32. The van der Waals surface area contributed by atoms with Crippen LogP contribution in [0.4, 0.5) is 0 Å². The quantitative estimate of drug-likeness (QED) is 0.616. The molecule has 0 radical (unpaired) electrons. The Hall–Kier alpha value is -0.0800. The van der Waals surface area contributed by atoms with E-state index in [0.717, 1.165) is 6.42 Å². The summed E-state index contributed by atoms with van der Waals surface area (Å²) in [7, 11) is 0. The fraction of sp³-hybridized carbons (Fsp3) is 1.00. The highest BCUT2D eigenvalue weighted by Gasteiger charge is 2.40. The second kappa shape index (κ2) is 2.89. The van der Waals surface area contributed by atoms with Gasteiger partial charge in [0, 0.05) is 6.54 Å². The third-order valence-electron chi connectivity index (χ3n) is 2.98. The van der Waals surface area contributed by atoms with E-state index in [-0.39, 0.29) is 11.5 Å². The van der Waals surface area contributed by atoms with Gasteiger partial charge in [0.1, 0.15) is 0 Å². The molecule has 0 aromatic heterocycles. The van der Waals surface area contributed by atoms with Crippen LogP contribution in [0.25, 0.3) is 0 Å². The first-order chi connectivity index (χ1) is 4.75. The molecule has 3 N–H and O–H groups in total. The Labute approximate surface area is 62.4 Å². The van der Waals surface area contributed by atoms with E-state index in [4.69, 9.17) is 5.73 Å². The summed E-state index contributed by atoms with van der Waals surface area (Å²) >= 11 is 0. The highest BCUT2D eigenvalue weighted by molar-refractivity contribution is 4.92. The molecule has 1 saturated carbocycles. The first-order valence-electron chi connectivity index (χ1n) is 4.13. The molecule has 0 saturated heterocycles. The average Bonchev–Trinajstić information content (AvgIpc) is 1.86. The molecule has 1 fully saturated rings. The van der Waals surface area contributed by atoms with Gasteiger partial charge in [0.2, 0.25) is 0 Å². The molecule has 0 heterocycles. The summed E-state index contributed by atoms with van der Waals surface area (Å²) in [4.78, 5) is 0. The molecule has 1 atom stereocenters. The Morgan fingerprint density at radius 2 is 2.20 bits per heavy atom. The summed E-state index contributed by atoms with van der Waals surface area (Å²) in [6.45, 7) is 2.56. The molecule has 0 aliphatic heterocycles. The summed E-state index contributed by atoms with van der Waals surface area (Å²) in [5.41, 5.74) is 5.60. The minimum Gasteiger partial charge on any atom is -0.391 e. The van der Waals surface area contributed by atoms with Crippen LogP contribution in [0.1, 0.15) is 32.6 Å². The van der Waals surface area contributed by atoms with Gasteiger partial charge in [-0.3, -0.25) is 0 Å². The van der Waals surface area contributed by atoms with E-state index in [1.807, 2.05) is 0 Å². The average molecular weight is 143 g/mol. The van der Waals surface area contributed by atoms with Gasteiger partial charge in [0.05, 0.1) is 6.10 Å². The monoisotopic (exact) mass is 143 g/mol. The lowest BCUT2D eigenvalue weighted by atomic mass is 9.63. The van der Waals surface area contributed by atoms with Crippen molar-refractivity contribution in [1.82, 2.24) is 0 Å². The molecule has 0 aromatic carbocycles. The van der Waals surface area contributed by atoms with Crippen LogP contribution in [0, 0.1) is 5.41 Å². The molecule has 2 nitrogen and oxygen atoms in total. The normalized spacial score (nSPS) is 25.5. The van der Waals surface area contributed by atoms with Crippen molar-refractivity contribution in [2.45, 2.75) is 38.7 Å². The van der Waals surface area contributed by atoms with Crippen LogP contribution >= 0.6 is 0 Å². The highest BCUT2D eigenvalue weighted by atomic mass is 16.3. The number of aliphatic hydroxyl groups is 1. The van der Waals surface area contributed by atoms with Crippen LogP contribution in [0.2, 0.25) is 0 Å². The van der Waals surface area contributed by atoms with Crippen molar-refractivity contribution in [3.63, 3.8) is 0 Å². The van der Waals surface area contributed by atoms with Crippen LogP contribution in [0.5, 0.6) is 0 Å². The minimum atomic E-state index is -0.258. The highest BCUT2D eigenvalue weighted by Crippen LogP contribution is 2.46. The van der Waals surface area contributed by atoms with E-state index in [0.29, 0.717) is 6.54 Å². The van der Waals surface area contributed by atoms with E-state index < -0.39 is 0 Å². The Morgan fingerprint density at radius 1 is 1.60 bits per heavy atom. The van der Waals surface area contributed by atoms with Gasteiger partial charge in [0.15, 0.2) is 0 Å². The van der Waals surface area contributed by atoms with Crippen molar-refractivity contribution in [1.29, 1.82) is 0 Å². The van der Waals surface area contributed by atoms with Crippen molar-refractivity contribution < 1.29 is 5.11 Å². The maximum Gasteiger partial charge on any atom is 0.0718 e. The van der Waals surface area contributed by atoms with Crippen LogP contribution < -0.4 is 5.73 Å². The van der Waals surface area contributed by atoms with Gasteiger partial charge in [-0.05, 0) is 24.7 Å². The van der Waals surface area contributed by atoms with Gasteiger partial charge in [0.25, 0.3) is 0 Å².